The van der Waals surface area contributed by atoms with Crippen molar-refractivity contribution in [3.8, 4) is 0 Å². The minimum absolute atomic E-state index is 0.196. The molecule has 0 spiro atoms. The second-order valence-corrected chi connectivity index (χ2v) is 4.93. The molecule has 1 heterocycles. The van der Waals surface area contributed by atoms with E-state index >= 15 is 0 Å². The maximum atomic E-state index is 5.69. The molecule has 2 rings (SSSR count). The molecule has 0 N–H and O–H groups in total. The van der Waals surface area contributed by atoms with Gasteiger partial charge in [0.1, 0.15) is 6.79 Å². The molecule has 2 unspecified atom stereocenters. The molecular formula is C15H23NO2. The molecule has 0 radical (unpaired) electrons. The molecule has 3 nitrogen and oxygen atoms in total. The largest absolute Gasteiger partial charge is 0.353 e. The summed E-state index contributed by atoms with van der Waals surface area (Å²) in [6.45, 7) is 4.46. The first-order valence-corrected chi connectivity index (χ1v) is 6.74. The number of benzene rings is 1. The maximum Gasteiger partial charge on any atom is 0.147 e. The molecule has 1 aromatic carbocycles. The molecule has 3 heteroatoms. The Kier molecular flexibility index (Phi) is 5.17. The number of likely N-dealkylation sites (N-methyl/N-ethyl adjacent to an activating group) is 1. The SMILES string of the molecule is CCCN(C)C(Cc1ccccc1)C1COCO1. The number of rotatable bonds is 6. The van der Waals surface area contributed by atoms with Crippen molar-refractivity contribution in [3.63, 3.8) is 0 Å². The van der Waals surface area contributed by atoms with Crippen LogP contribution in [0.3, 0.4) is 0 Å². The summed E-state index contributed by atoms with van der Waals surface area (Å²) < 4.78 is 11.0. The first kappa shape index (κ1) is 13.5. The Morgan fingerprint density at radius 3 is 2.72 bits per heavy atom. The van der Waals surface area contributed by atoms with Crippen LogP contribution < -0.4 is 0 Å². The van der Waals surface area contributed by atoms with Gasteiger partial charge in [-0.1, -0.05) is 37.3 Å². The van der Waals surface area contributed by atoms with E-state index in [0.717, 1.165) is 19.4 Å². The van der Waals surface area contributed by atoms with Gasteiger partial charge < -0.3 is 14.4 Å². The Labute approximate surface area is 110 Å². The third-order valence-corrected chi connectivity index (χ3v) is 3.51. The van der Waals surface area contributed by atoms with E-state index in [4.69, 9.17) is 9.47 Å². The third-order valence-electron chi connectivity index (χ3n) is 3.51. The van der Waals surface area contributed by atoms with Crippen LogP contribution in [0.15, 0.2) is 30.3 Å². The van der Waals surface area contributed by atoms with Crippen molar-refractivity contribution in [3.05, 3.63) is 35.9 Å². The van der Waals surface area contributed by atoms with Crippen LogP contribution in [0, 0.1) is 0 Å². The Balaban J connectivity index is 2.04. The van der Waals surface area contributed by atoms with Crippen LogP contribution >= 0.6 is 0 Å². The first-order chi connectivity index (χ1) is 8.81. The lowest BCUT2D eigenvalue weighted by Crippen LogP contribution is -2.44. The van der Waals surface area contributed by atoms with Crippen molar-refractivity contribution >= 4 is 0 Å². The van der Waals surface area contributed by atoms with E-state index in [0.29, 0.717) is 19.4 Å². The number of hydrogen-bond donors (Lipinski definition) is 0. The summed E-state index contributed by atoms with van der Waals surface area (Å²) in [6.07, 6.45) is 2.38. The van der Waals surface area contributed by atoms with Crippen LogP contribution in [-0.2, 0) is 15.9 Å². The van der Waals surface area contributed by atoms with Gasteiger partial charge in [0, 0.05) is 6.04 Å². The highest BCUT2D eigenvalue weighted by molar-refractivity contribution is 5.16. The van der Waals surface area contributed by atoms with Crippen LogP contribution in [0.25, 0.3) is 0 Å². The van der Waals surface area contributed by atoms with Crippen molar-refractivity contribution in [2.45, 2.75) is 31.9 Å². The first-order valence-electron chi connectivity index (χ1n) is 6.74. The molecule has 0 aromatic heterocycles. The molecule has 0 bridgehead atoms. The highest BCUT2D eigenvalue weighted by atomic mass is 16.7. The molecular weight excluding hydrogens is 226 g/mol. The van der Waals surface area contributed by atoms with Gasteiger partial charge in [-0.25, -0.2) is 0 Å². The number of nitrogens with zero attached hydrogens (tertiary/aromatic N) is 1. The standard InChI is InChI=1S/C15H23NO2/c1-3-9-16(2)14(15-11-17-12-18-15)10-13-7-5-4-6-8-13/h4-8,14-15H,3,9-12H2,1-2H3. The minimum atomic E-state index is 0.196. The van der Waals surface area contributed by atoms with Crippen molar-refractivity contribution in [2.75, 3.05) is 27.0 Å². The van der Waals surface area contributed by atoms with Crippen LogP contribution in [0.2, 0.25) is 0 Å². The summed E-state index contributed by atoms with van der Waals surface area (Å²) in [5, 5.41) is 0. The van der Waals surface area contributed by atoms with Crippen LogP contribution in [-0.4, -0.2) is 44.0 Å². The lowest BCUT2D eigenvalue weighted by Gasteiger charge is -2.31. The van der Waals surface area contributed by atoms with E-state index in [1.54, 1.807) is 0 Å². The maximum absolute atomic E-state index is 5.69. The van der Waals surface area contributed by atoms with Gasteiger partial charge in [0.2, 0.25) is 0 Å². The van der Waals surface area contributed by atoms with Gasteiger partial charge in [-0.3, -0.25) is 0 Å². The smallest absolute Gasteiger partial charge is 0.147 e. The monoisotopic (exact) mass is 249 g/mol. The minimum Gasteiger partial charge on any atom is -0.353 e. The molecule has 1 saturated heterocycles. The van der Waals surface area contributed by atoms with Crippen LogP contribution in [0.5, 0.6) is 0 Å². The predicted molar refractivity (Wildman–Crippen MR) is 72.5 cm³/mol. The summed E-state index contributed by atoms with van der Waals surface area (Å²) in [4.78, 5) is 2.40. The van der Waals surface area contributed by atoms with E-state index < -0.39 is 0 Å². The molecule has 100 valence electrons. The van der Waals surface area contributed by atoms with Gasteiger partial charge in [-0.2, -0.15) is 0 Å². The fourth-order valence-electron chi connectivity index (χ4n) is 2.52. The highest BCUT2D eigenvalue weighted by Gasteiger charge is 2.29. The fraction of sp³-hybridized carbons (Fsp3) is 0.600. The summed E-state index contributed by atoms with van der Waals surface area (Å²) in [6, 6.07) is 11.0. The van der Waals surface area contributed by atoms with Crippen LogP contribution in [0.1, 0.15) is 18.9 Å². The average molecular weight is 249 g/mol. The molecule has 1 aliphatic heterocycles. The Bertz CT molecular complexity index is 336. The lowest BCUT2D eigenvalue weighted by molar-refractivity contribution is 0.0143. The van der Waals surface area contributed by atoms with E-state index in [1.807, 2.05) is 0 Å². The van der Waals surface area contributed by atoms with Crippen molar-refractivity contribution in [1.29, 1.82) is 0 Å². The summed E-state index contributed by atoms with van der Waals surface area (Å²) in [7, 11) is 2.18. The summed E-state index contributed by atoms with van der Waals surface area (Å²) >= 11 is 0. The van der Waals surface area contributed by atoms with Gasteiger partial charge in [-0.15, -0.1) is 0 Å². The highest BCUT2D eigenvalue weighted by Crippen LogP contribution is 2.17. The molecule has 0 saturated carbocycles. The average Bonchev–Trinajstić information content (AvgIpc) is 2.91. The molecule has 0 amide bonds. The van der Waals surface area contributed by atoms with Gasteiger partial charge in [0.25, 0.3) is 0 Å². The zero-order chi connectivity index (χ0) is 12.8. The second-order valence-electron chi connectivity index (χ2n) is 4.93. The Morgan fingerprint density at radius 2 is 2.11 bits per heavy atom. The van der Waals surface area contributed by atoms with Gasteiger partial charge in [-0.05, 0) is 32.0 Å². The molecule has 1 aliphatic rings. The quantitative estimate of drug-likeness (QED) is 0.772. The normalized spacial score (nSPS) is 21.4. The molecule has 0 aliphatic carbocycles. The van der Waals surface area contributed by atoms with E-state index in [-0.39, 0.29) is 6.10 Å². The van der Waals surface area contributed by atoms with Crippen LogP contribution in [0.4, 0.5) is 0 Å². The number of hydrogen-bond acceptors (Lipinski definition) is 3. The van der Waals surface area contributed by atoms with Gasteiger partial charge in [0.15, 0.2) is 0 Å². The topological polar surface area (TPSA) is 21.7 Å². The van der Waals surface area contributed by atoms with Crippen molar-refractivity contribution in [2.24, 2.45) is 0 Å². The van der Waals surface area contributed by atoms with Crippen molar-refractivity contribution in [1.82, 2.24) is 4.90 Å². The van der Waals surface area contributed by atoms with Crippen molar-refractivity contribution < 1.29 is 9.47 Å². The molecule has 1 aromatic rings. The molecule has 2 atom stereocenters. The fourth-order valence-corrected chi connectivity index (χ4v) is 2.52. The van der Waals surface area contributed by atoms with Gasteiger partial charge in [0.05, 0.1) is 12.7 Å². The zero-order valence-electron chi connectivity index (χ0n) is 11.3. The second kappa shape index (κ2) is 6.88. The third kappa shape index (κ3) is 3.55. The Hall–Kier alpha value is -0.900. The predicted octanol–water partition coefficient (Wildman–Crippen LogP) is 2.31. The van der Waals surface area contributed by atoms with E-state index in [2.05, 4.69) is 49.2 Å². The zero-order valence-corrected chi connectivity index (χ0v) is 11.3. The lowest BCUT2D eigenvalue weighted by atomic mass is 10.00. The Morgan fingerprint density at radius 1 is 1.33 bits per heavy atom. The van der Waals surface area contributed by atoms with E-state index in [9.17, 15) is 0 Å². The van der Waals surface area contributed by atoms with E-state index in [1.165, 1.54) is 5.56 Å². The molecule has 18 heavy (non-hydrogen) atoms. The summed E-state index contributed by atoms with van der Waals surface area (Å²) in [5.41, 5.74) is 1.36. The summed E-state index contributed by atoms with van der Waals surface area (Å²) in [5.74, 6) is 0. The van der Waals surface area contributed by atoms with Gasteiger partial charge >= 0.3 is 0 Å². The number of ether oxygens (including phenoxy) is 2. The molecule has 1 fully saturated rings.